The summed E-state index contributed by atoms with van der Waals surface area (Å²) in [5.41, 5.74) is 8.42. The molecule has 98 valence electrons. The first-order chi connectivity index (χ1) is 9.19. The van der Waals surface area contributed by atoms with Crippen molar-refractivity contribution in [2.24, 2.45) is 0 Å². The molecule has 1 aliphatic heterocycles. The van der Waals surface area contributed by atoms with Crippen molar-refractivity contribution in [3.8, 4) is 0 Å². The molecule has 2 aromatic rings. The molecule has 1 aliphatic rings. The van der Waals surface area contributed by atoms with Gasteiger partial charge in [0.05, 0.1) is 6.04 Å². The van der Waals surface area contributed by atoms with Gasteiger partial charge in [-0.25, -0.2) is 0 Å². The maximum absolute atomic E-state index is 3.72. The molecule has 2 aromatic carbocycles. The molecular formula is C18H21N. The van der Waals surface area contributed by atoms with Gasteiger partial charge in [0.2, 0.25) is 0 Å². The molecule has 0 spiro atoms. The number of aryl methyl sites for hydroxylation is 3. The minimum atomic E-state index is 0.432. The number of hydrogen-bond acceptors (Lipinski definition) is 1. The number of anilines is 1. The van der Waals surface area contributed by atoms with Crippen LogP contribution in [0.25, 0.3) is 0 Å². The molecule has 0 saturated carbocycles. The fourth-order valence-electron chi connectivity index (χ4n) is 2.93. The molecule has 19 heavy (non-hydrogen) atoms. The van der Waals surface area contributed by atoms with Crippen molar-refractivity contribution >= 4 is 5.69 Å². The van der Waals surface area contributed by atoms with Gasteiger partial charge < -0.3 is 5.32 Å². The molecule has 0 saturated heterocycles. The lowest BCUT2D eigenvalue weighted by atomic mass is 9.98. The van der Waals surface area contributed by atoms with Crippen LogP contribution in [0.5, 0.6) is 0 Å². The van der Waals surface area contributed by atoms with Gasteiger partial charge in [-0.2, -0.15) is 0 Å². The smallest absolute Gasteiger partial charge is 0.0555 e. The van der Waals surface area contributed by atoms with Crippen molar-refractivity contribution in [2.75, 3.05) is 5.32 Å². The molecule has 1 heteroatoms. The largest absolute Gasteiger partial charge is 0.377 e. The third kappa shape index (κ3) is 2.14. The average Bonchev–Trinajstić information content (AvgIpc) is 2.85. The Morgan fingerprint density at radius 1 is 1.11 bits per heavy atom. The number of rotatable bonds is 2. The molecule has 0 radical (unpaired) electrons. The Morgan fingerprint density at radius 2 is 1.95 bits per heavy atom. The minimum Gasteiger partial charge on any atom is -0.377 e. The highest BCUT2D eigenvalue weighted by Crippen LogP contribution is 2.37. The predicted octanol–water partition coefficient (Wildman–Crippen LogP) is 4.58. The molecule has 0 aliphatic carbocycles. The summed E-state index contributed by atoms with van der Waals surface area (Å²) in [4.78, 5) is 0. The first kappa shape index (κ1) is 12.3. The van der Waals surface area contributed by atoms with Gasteiger partial charge in [0.15, 0.2) is 0 Å². The molecule has 1 unspecified atom stereocenters. The van der Waals surface area contributed by atoms with E-state index in [9.17, 15) is 0 Å². The lowest BCUT2D eigenvalue weighted by molar-refractivity contribution is 0.822. The van der Waals surface area contributed by atoms with Crippen molar-refractivity contribution in [3.05, 3.63) is 64.2 Å². The zero-order valence-electron chi connectivity index (χ0n) is 12.0. The molecule has 0 amide bonds. The first-order valence-electron chi connectivity index (χ1n) is 7.13. The summed E-state index contributed by atoms with van der Waals surface area (Å²) in [6, 6.07) is 13.9. The zero-order valence-corrected chi connectivity index (χ0v) is 12.0. The Balaban J connectivity index is 1.93. The summed E-state index contributed by atoms with van der Waals surface area (Å²) in [6.07, 6.45) is 2.20. The molecule has 1 nitrogen and oxygen atoms in total. The monoisotopic (exact) mass is 251 g/mol. The van der Waals surface area contributed by atoms with Gasteiger partial charge in [-0.15, -0.1) is 0 Å². The van der Waals surface area contributed by atoms with E-state index in [0.717, 1.165) is 12.8 Å². The molecule has 0 aromatic heterocycles. The fraction of sp³-hybridized carbons (Fsp3) is 0.333. The number of para-hydroxylation sites is 1. The normalized spacial score (nSPS) is 17.1. The Morgan fingerprint density at radius 3 is 2.68 bits per heavy atom. The summed E-state index contributed by atoms with van der Waals surface area (Å²) in [5.74, 6) is 0. The molecule has 3 rings (SSSR count). The van der Waals surface area contributed by atoms with Crippen LogP contribution in [0.1, 0.15) is 40.8 Å². The van der Waals surface area contributed by atoms with E-state index in [0.29, 0.717) is 6.04 Å². The van der Waals surface area contributed by atoms with Crippen molar-refractivity contribution in [1.82, 2.24) is 0 Å². The van der Waals surface area contributed by atoms with Gasteiger partial charge in [0.1, 0.15) is 0 Å². The minimum absolute atomic E-state index is 0.432. The summed E-state index contributed by atoms with van der Waals surface area (Å²) in [7, 11) is 0. The van der Waals surface area contributed by atoms with E-state index in [1.807, 2.05) is 0 Å². The maximum atomic E-state index is 3.72. The van der Waals surface area contributed by atoms with Gasteiger partial charge in [0, 0.05) is 5.69 Å². The summed E-state index contributed by atoms with van der Waals surface area (Å²) in [6.45, 7) is 6.59. The van der Waals surface area contributed by atoms with Crippen LogP contribution in [0.4, 0.5) is 5.69 Å². The van der Waals surface area contributed by atoms with Crippen LogP contribution in [0.2, 0.25) is 0 Å². The van der Waals surface area contributed by atoms with Gasteiger partial charge in [0.25, 0.3) is 0 Å². The van der Waals surface area contributed by atoms with Gasteiger partial charge in [-0.05, 0) is 54.5 Å². The third-order valence-electron chi connectivity index (χ3n) is 4.29. The van der Waals surface area contributed by atoms with Gasteiger partial charge in [-0.3, -0.25) is 0 Å². The average molecular weight is 251 g/mol. The predicted molar refractivity (Wildman–Crippen MR) is 81.8 cm³/mol. The van der Waals surface area contributed by atoms with E-state index in [4.69, 9.17) is 0 Å². The maximum Gasteiger partial charge on any atom is 0.0555 e. The van der Waals surface area contributed by atoms with Crippen LogP contribution in [-0.4, -0.2) is 0 Å². The van der Waals surface area contributed by atoms with Crippen LogP contribution in [0, 0.1) is 13.8 Å². The van der Waals surface area contributed by atoms with E-state index >= 15 is 0 Å². The topological polar surface area (TPSA) is 12.0 Å². The fourth-order valence-corrected chi connectivity index (χ4v) is 2.93. The Labute approximate surface area is 115 Å². The number of fused-ring (bicyclic) bond motifs is 1. The van der Waals surface area contributed by atoms with Crippen LogP contribution in [-0.2, 0) is 12.8 Å². The molecule has 0 bridgehead atoms. The third-order valence-corrected chi connectivity index (χ3v) is 4.29. The summed E-state index contributed by atoms with van der Waals surface area (Å²) < 4.78 is 0. The van der Waals surface area contributed by atoms with E-state index in [1.165, 1.54) is 33.5 Å². The van der Waals surface area contributed by atoms with Crippen LogP contribution >= 0.6 is 0 Å². The standard InChI is InChI=1S/C18H21N/c1-4-14-6-5-7-16-11-17(19-18(14)16)15-9-8-12(2)13(3)10-15/h5-10,17,19H,4,11H2,1-3H3. The van der Waals surface area contributed by atoms with Crippen LogP contribution < -0.4 is 5.32 Å². The van der Waals surface area contributed by atoms with E-state index < -0.39 is 0 Å². The Kier molecular flexibility index (Phi) is 3.06. The van der Waals surface area contributed by atoms with Crippen LogP contribution in [0.15, 0.2) is 36.4 Å². The molecule has 0 fully saturated rings. The second kappa shape index (κ2) is 4.73. The first-order valence-corrected chi connectivity index (χ1v) is 7.13. The highest BCUT2D eigenvalue weighted by Gasteiger charge is 2.23. The lowest BCUT2D eigenvalue weighted by Crippen LogP contribution is -2.06. The second-order valence-electron chi connectivity index (χ2n) is 5.55. The number of benzene rings is 2. The highest BCUT2D eigenvalue weighted by atomic mass is 15.0. The number of nitrogens with one attached hydrogen (secondary N) is 1. The van der Waals surface area contributed by atoms with Crippen molar-refractivity contribution in [2.45, 2.75) is 39.7 Å². The van der Waals surface area contributed by atoms with Gasteiger partial charge in [-0.1, -0.05) is 43.3 Å². The van der Waals surface area contributed by atoms with E-state index in [1.54, 1.807) is 0 Å². The lowest BCUT2D eigenvalue weighted by Gasteiger charge is -2.14. The summed E-state index contributed by atoms with van der Waals surface area (Å²) >= 11 is 0. The van der Waals surface area contributed by atoms with E-state index in [-0.39, 0.29) is 0 Å². The molecule has 1 atom stereocenters. The van der Waals surface area contributed by atoms with Gasteiger partial charge >= 0.3 is 0 Å². The van der Waals surface area contributed by atoms with Crippen LogP contribution in [0.3, 0.4) is 0 Å². The molecule has 1 N–H and O–H groups in total. The van der Waals surface area contributed by atoms with E-state index in [2.05, 4.69) is 62.5 Å². The Bertz CT molecular complexity index is 613. The second-order valence-corrected chi connectivity index (χ2v) is 5.55. The molecular weight excluding hydrogens is 230 g/mol. The SMILES string of the molecule is CCc1cccc2c1NC(c1ccc(C)c(C)c1)C2. The number of hydrogen-bond donors (Lipinski definition) is 1. The zero-order chi connectivity index (χ0) is 13.4. The van der Waals surface area contributed by atoms with Crippen molar-refractivity contribution in [3.63, 3.8) is 0 Å². The highest BCUT2D eigenvalue weighted by molar-refractivity contribution is 5.63. The van der Waals surface area contributed by atoms with Crippen molar-refractivity contribution < 1.29 is 0 Å². The Hall–Kier alpha value is -1.76. The van der Waals surface area contributed by atoms with Crippen molar-refractivity contribution in [1.29, 1.82) is 0 Å². The quantitative estimate of drug-likeness (QED) is 0.824. The molecule has 1 heterocycles. The summed E-state index contributed by atoms with van der Waals surface area (Å²) in [5, 5.41) is 3.72.